The number of aromatic amines is 2. The number of aromatic nitrogens is 4. The van der Waals surface area contributed by atoms with Crippen LogP contribution in [0.2, 0.25) is 10.0 Å². The SMILES string of the molecule is CCc1nn(CCNS(=O)(=O)c2c[nH]c(=O)[nH]c2=O)c(CC)c1Cc1cc(Cl)cc(Cl)c1. The molecule has 0 aliphatic carbocycles. The van der Waals surface area contributed by atoms with Crippen LogP contribution in [0.5, 0.6) is 0 Å². The second-order valence-corrected chi connectivity index (χ2v) is 9.70. The van der Waals surface area contributed by atoms with Gasteiger partial charge in [-0.2, -0.15) is 5.10 Å². The predicted molar refractivity (Wildman–Crippen MR) is 123 cm³/mol. The molecule has 0 unspecified atom stereocenters. The summed E-state index contributed by atoms with van der Waals surface area (Å²) in [6, 6.07) is 5.40. The van der Waals surface area contributed by atoms with Gasteiger partial charge in [0, 0.05) is 40.5 Å². The standard InChI is InChI=1S/C20H23Cl2N5O4S/c1-3-16-15(9-12-7-13(21)10-14(22)8-12)17(4-2)27(26-16)6-5-24-32(30,31)18-11-23-20(29)25-19(18)28/h7-8,10-11,24H,3-6,9H2,1-2H3,(H2,23,25,28,29). The fraction of sp³-hybridized carbons (Fsp3) is 0.350. The van der Waals surface area contributed by atoms with Crippen LogP contribution in [0.25, 0.3) is 0 Å². The van der Waals surface area contributed by atoms with E-state index in [1.165, 1.54) is 0 Å². The van der Waals surface area contributed by atoms with Gasteiger partial charge in [0.2, 0.25) is 10.0 Å². The van der Waals surface area contributed by atoms with Crippen LogP contribution in [0.15, 0.2) is 38.9 Å². The minimum absolute atomic E-state index is 0.0150. The molecule has 2 heterocycles. The van der Waals surface area contributed by atoms with Crippen LogP contribution >= 0.6 is 23.2 Å². The number of aryl methyl sites for hydroxylation is 1. The molecule has 0 bridgehead atoms. The van der Waals surface area contributed by atoms with Crippen LogP contribution < -0.4 is 16.0 Å². The van der Waals surface area contributed by atoms with Gasteiger partial charge in [-0.1, -0.05) is 37.0 Å². The molecule has 32 heavy (non-hydrogen) atoms. The molecule has 172 valence electrons. The molecule has 1 aromatic carbocycles. The van der Waals surface area contributed by atoms with Crippen molar-refractivity contribution in [1.82, 2.24) is 24.5 Å². The Kier molecular flexibility index (Phi) is 7.60. The zero-order valence-electron chi connectivity index (χ0n) is 17.5. The smallest absolute Gasteiger partial charge is 0.313 e. The Morgan fingerprint density at radius 1 is 1.09 bits per heavy atom. The first-order valence-corrected chi connectivity index (χ1v) is 12.2. The Hall–Kier alpha value is -2.40. The highest BCUT2D eigenvalue weighted by Gasteiger charge is 2.20. The Morgan fingerprint density at radius 2 is 1.78 bits per heavy atom. The lowest BCUT2D eigenvalue weighted by Crippen LogP contribution is -2.34. The van der Waals surface area contributed by atoms with Crippen molar-refractivity contribution in [2.24, 2.45) is 0 Å². The number of nitrogens with zero attached hydrogens (tertiary/aromatic N) is 2. The van der Waals surface area contributed by atoms with Gasteiger partial charge in [-0.15, -0.1) is 0 Å². The average Bonchev–Trinajstić information content (AvgIpc) is 3.03. The summed E-state index contributed by atoms with van der Waals surface area (Å²) in [7, 11) is -4.10. The first kappa shape index (κ1) is 24.2. The van der Waals surface area contributed by atoms with E-state index in [9.17, 15) is 18.0 Å². The second-order valence-electron chi connectivity index (χ2n) is 7.09. The van der Waals surface area contributed by atoms with E-state index in [1.807, 2.05) is 31.0 Å². The van der Waals surface area contributed by atoms with Gasteiger partial charge in [0.05, 0.1) is 12.2 Å². The number of sulfonamides is 1. The maximum atomic E-state index is 12.4. The Balaban J connectivity index is 1.81. The summed E-state index contributed by atoms with van der Waals surface area (Å²) in [5.41, 5.74) is 2.17. The molecule has 3 rings (SSSR count). The largest absolute Gasteiger partial charge is 0.325 e. The van der Waals surface area contributed by atoms with Gasteiger partial charge < -0.3 is 4.98 Å². The zero-order valence-corrected chi connectivity index (χ0v) is 19.9. The van der Waals surface area contributed by atoms with E-state index in [0.29, 0.717) is 29.3 Å². The fourth-order valence-electron chi connectivity index (χ4n) is 3.54. The van der Waals surface area contributed by atoms with E-state index in [0.717, 1.165) is 28.7 Å². The molecule has 0 amide bonds. The summed E-state index contributed by atoms with van der Waals surface area (Å²) >= 11 is 12.3. The van der Waals surface area contributed by atoms with E-state index in [2.05, 4.69) is 14.8 Å². The van der Waals surface area contributed by atoms with Crippen LogP contribution in [0.3, 0.4) is 0 Å². The monoisotopic (exact) mass is 499 g/mol. The van der Waals surface area contributed by atoms with Crippen LogP contribution in [0, 0.1) is 0 Å². The molecule has 0 spiro atoms. The van der Waals surface area contributed by atoms with E-state index < -0.39 is 26.2 Å². The predicted octanol–water partition coefficient (Wildman–Crippen LogP) is 2.26. The van der Waals surface area contributed by atoms with Crippen molar-refractivity contribution < 1.29 is 8.42 Å². The molecule has 9 nitrogen and oxygen atoms in total. The van der Waals surface area contributed by atoms with Crippen LogP contribution in [-0.2, 0) is 35.8 Å². The number of halogens is 2. The summed E-state index contributed by atoms with van der Waals surface area (Å²) < 4.78 is 29.0. The molecular formula is C20H23Cl2N5O4S. The minimum Gasteiger partial charge on any atom is -0.313 e. The third kappa shape index (κ3) is 5.50. The van der Waals surface area contributed by atoms with Gasteiger partial charge in [0.15, 0.2) is 4.90 Å². The number of hydrogen-bond acceptors (Lipinski definition) is 5. The molecular weight excluding hydrogens is 477 g/mol. The molecule has 0 saturated carbocycles. The molecule has 12 heteroatoms. The molecule has 0 aliphatic rings. The van der Waals surface area contributed by atoms with Crippen molar-refractivity contribution in [2.75, 3.05) is 6.54 Å². The number of benzene rings is 1. The maximum absolute atomic E-state index is 12.4. The fourth-order valence-corrected chi connectivity index (χ4v) is 5.13. The third-order valence-electron chi connectivity index (χ3n) is 4.91. The first-order chi connectivity index (χ1) is 15.1. The van der Waals surface area contributed by atoms with Gasteiger partial charge in [-0.3, -0.25) is 14.5 Å². The van der Waals surface area contributed by atoms with Crippen molar-refractivity contribution in [3.8, 4) is 0 Å². The molecule has 0 fully saturated rings. The van der Waals surface area contributed by atoms with E-state index in [4.69, 9.17) is 23.2 Å². The summed E-state index contributed by atoms with van der Waals surface area (Å²) in [5, 5.41) is 5.78. The number of nitrogens with one attached hydrogen (secondary N) is 3. The highest BCUT2D eigenvalue weighted by Crippen LogP contribution is 2.25. The van der Waals surface area contributed by atoms with Crippen molar-refractivity contribution in [2.45, 2.75) is 44.6 Å². The van der Waals surface area contributed by atoms with Gasteiger partial charge in [0.25, 0.3) is 5.56 Å². The Bertz CT molecular complexity index is 1320. The summed E-state index contributed by atoms with van der Waals surface area (Å²) in [6.45, 7) is 4.30. The van der Waals surface area contributed by atoms with E-state index >= 15 is 0 Å². The lowest BCUT2D eigenvalue weighted by molar-refractivity contribution is 0.548. The van der Waals surface area contributed by atoms with Gasteiger partial charge in [-0.25, -0.2) is 17.9 Å². The van der Waals surface area contributed by atoms with Gasteiger partial charge >= 0.3 is 5.69 Å². The first-order valence-electron chi connectivity index (χ1n) is 9.98. The number of H-pyrrole nitrogens is 2. The molecule has 0 atom stereocenters. The average molecular weight is 500 g/mol. The summed E-state index contributed by atoms with van der Waals surface area (Å²) in [5.74, 6) is 0. The highest BCUT2D eigenvalue weighted by atomic mass is 35.5. The van der Waals surface area contributed by atoms with Crippen molar-refractivity contribution in [1.29, 1.82) is 0 Å². The van der Waals surface area contributed by atoms with Crippen molar-refractivity contribution >= 4 is 33.2 Å². The lowest BCUT2D eigenvalue weighted by Gasteiger charge is -2.10. The van der Waals surface area contributed by atoms with Crippen molar-refractivity contribution in [3.05, 3.63) is 77.8 Å². The maximum Gasteiger partial charge on any atom is 0.325 e. The third-order valence-corrected chi connectivity index (χ3v) is 6.82. The Labute approximate surface area is 194 Å². The molecule has 3 aromatic rings. The lowest BCUT2D eigenvalue weighted by atomic mass is 10.0. The second kappa shape index (κ2) is 10.0. The molecule has 0 radical (unpaired) electrons. The zero-order chi connectivity index (χ0) is 23.5. The molecule has 3 N–H and O–H groups in total. The molecule has 2 aromatic heterocycles. The number of rotatable bonds is 9. The van der Waals surface area contributed by atoms with Crippen LogP contribution in [0.1, 0.15) is 36.4 Å². The van der Waals surface area contributed by atoms with Crippen LogP contribution in [-0.4, -0.2) is 34.7 Å². The summed E-state index contributed by atoms with van der Waals surface area (Å²) in [6.07, 6.45) is 2.88. The van der Waals surface area contributed by atoms with Crippen molar-refractivity contribution in [3.63, 3.8) is 0 Å². The number of hydrogen-bond donors (Lipinski definition) is 3. The quantitative estimate of drug-likeness (QED) is 0.415. The summed E-state index contributed by atoms with van der Waals surface area (Å²) in [4.78, 5) is 26.4. The van der Waals surface area contributed by atoms with E-state index in [1.54, 1.807) is 10.7 Å². The van der Waals surface area contributed by atoms with Crippen LogP contribution in [0.4, 0.5) is 0 Å². The Morgan fingerprint density at radius 3 is 2.38 bits per heavy atom. The molecule has 0 saturated heterocycles. The minimum atomic E-state index is -4.10. The van der Waals surface area contributed by atoms with Gasteiger partial charge in [-0.05, 0) is 36.6 Å². The van der Waals surface area contributed by atoms with Gasteiger partial charge in [0.1, 0.15) is 0 Å². The van der Waals surface area contributed by atoms with E-state index in [-0.39, 0.29) is 13.1 Å². The highest BCUT2D eigenvalue weighted by molar-refractivity contribution is 7.89. The normalized spacial score (nSPS) is 11.8. The molecule has 0 aliphatic heterocycles. The topological polar surface area (TPSA) is 130 Å².